The fourth-order valence-electron chi connectivity index (χ4n) is 2.72. The second kappa shape index (κ2) is 5.43. The Morgan fingerprint density at radius 3 is 2.37 bits per heavy atom. The summed E-state index contributed by atoms with van der Waals surface area (Å²) >= 11 is 0. The molecule has 1 heterocycles. The largest absolute Gasteiger partial charge is 0.497 e. The number of ether oxygens (including phenoxy) is 1. The first-order valence-corrected chi connectivity index (χ1v) is 6.50. The smallest absolute Gasteiger partial charge is 0.230 e. The molecule has 4 nitrogen and oxygen atoms in total. The highest BCUT2D eigenvalue weighted by molar-refractivity contribution is 6.00. The summed E-state index contributed by atoms with van der Waals surface area (Å²) in [6, 6.07) is 7.60. The summed E-state index contributed by atoms with van der Waals surface area (Å²) < 4.78 is 5.13. The number of hydrogen-bond donors (Lipinski definition) is 1. The van der Waals surface area contributed by atoms with Gasteiger partial charge in [0.15, 0.2) is 0 Å². The van der Waals surface area contributed by atoms with Gasteiger partial charge >= 0.3 is 0 Å². The molecule has 102 valence electrons. The van der Waals surface area contributed by atoms with Crippen LogP contribution >= 0.6 is 0 Å². The van der Waals surface area contributed by atoms with E-state index in [0.717, 1.165) is 11.3 Å². The molecule has 1 aliphatic rings. The van der Waals surface area contributed by atoms with Gasteiger partial charge in [0.1, 0.15) is 5.75 Å². The highest BCUT2D eigenvalue weighted by Gasteiger charge is 2.38. The quantitative estimate of drug-likeness (QED) is 0.848. The van der Waals surface area contributed by atoms with Crippen LogP contribution in [0.15, 0.2) is 24.3 Å². The van der Waals surface area contributed by atoms with Gasteiger partial charge in [-0.25, -0.2) is 0 Å². The van der Waals surface area contributed by atoms with E-state index in [4.69, 9.17) is 4.74 Å². The number of methoxy groups -OCH3 is 1. The second-order valence-corrected chi connectivity index (χ2v) is 5.27. The third-order valence-electron chi connectivity index (χ3n) is 3.67. The van der Waals surface area contributed by atoms with E-state index >= 15 is 0 Å². The van der Waals surface area contributed by atoms with Crippen LogP contribution in [0.2, 0.25) is 0 Å². The molecule has 2 atom stereocenters. The molecule has 2 amide bonds. The molecule has 1 N–H and O–H groups in total. The van der Waals surface area contributed by atoms with Gasteiger partial charge in [-0.3, -0.25) is 14.9 Å². The van der Waals surface area contributed by atoms with Gasteiger partial charge in [0.2, 0.25) is 11.8 Å². The third-order valence-corrected chi connectivity index (χ3v) is 3.67. The topological polar surface area (TPSA) is 55.4 Å². The maximum atomic E-state index is 12.0. The molecule has 19 heavy (non-hydrogen) atoms. The van der Waals surface area contributed by atoms with E-state index < -0.39 is 0 Å². The molecule has 1 aromatic carbocycles. The molecule has 0 bridgehead atoms. The molecular formula is C15H19NO3. The Morgan fingerprint density at radius 2 is 1.84 bits per heavy atom. The van der Waals surface area contributed by atoms with Crippen molar-refractivity contribution in [1.29, 1.82) is 0 Å². The van der Waals surface area contributed by atoms with Crippen molar-refractivity contribution in [3.63, 3.8) is 0 Å². The highest BCUT2D eigenvalue weighted by atomic mass is 16.5. The van der Waals surface area contributed by atoms with Crippen LogP contribution in [0.25, 0.3) is 0 Å². The van der Waals surface area contributed by atoms with Crippen molar-refractivity contribution in [1.82, 2.24) is 5.32 Å². The average molecular weight is 261 g/mol. The van der Waals surface area contributed by atoms with Crippen molar-refractivity contribution in [2.75, 3.05) is 7.11 Å². The minimum Gasteiger partial charge on any atom is -0.497 e. The lowest BCUT2D eigenvalue weighted by molar-refractivity contribution is -0.138. The maximum Gasteiger partial charge on any atom is 0.230 e. The van der Waals surface area contributed by atoms with Gasteiger partial charge in [0.25, 0.3) is 0 Å². The third kappa shape index (κ3) is 2.78. The van der Waals surface area contributed by atoms with Crippen LogP contribution in [-0.2, 0) is 9.59 Å². The van der Waals surface area contributed by atoms with Crippen LogP contribution in [0, 0.1) is 11.8 Å². The summed E-state index contributed by atoms with van der Waals surface area (Å²) in [5.74, 6) is 0.407. The Kier molecular flexibility index (Phi) is 3.88. The van der Waals surface area contributed by atoms with Crippen molar-refractivity contribution in [2.45, 2.75) is 26.2 Å². The zero-order valence-corrected chi connectivity index (χ0v) is 11.5. The van der Waals surface area contributed by atoms with Crippen LogP contribution in [0.5, 0.6) is 5.75 Å². The number of carbonyl (C=O) groups excluding carboxylic acids is 2. The summed E-state index contributed by atoms with van der Waals surface area (Å²) in [5.41, 5.74) is 1.02. The number of rotatable bonds is 3. The van der Waals surface area contributed by atoms with Crippen molar-refractivity contribution in [2.24, 2.45) is 11.8 Å². The second-order valence-electron chi connectivity index (χ2n) is 5.27. The van der Waals surface area contributed by atoms with E-state index in [1.54, 1.807) is 7.11 Å². The fraction of sp³-hybridized carbons (Fsp3) is 0.467. The average Bonchev–Trinajstić information content (AvgIpc) is 2.37. The van der Waals surface area contributed by atoms with Crippen LogP contribution in [0.3, 0.4) is 0 Å². The molecule has 4 heteroatoms. The maximum absolute atomic E-state index is 12.0. The molecule has 1 fully saturated rings. The van der Waals surface area contributed by atoms with Gasteiger partial charge in [-0.2, -0.15) is 0 Å². The Hall–Kier alpha value is -1.84. The van der Waals surface area contributed by atoms with Crippen LogP contribution in [0.1, 0.15) is 31.7 Å². The lowest BCUT2D eigenvalue weighted by atomic mass is 9.75. The summed E-state index contributed by atoms with van der Waals surface area (Å²) in [6.07, 6.45) is 0.362. The number of amides is 2. The van der Waals surface area contributed by atoms with Crippen LogP contribution < -0.4 is 10.1 Å². The first-order chi connectivity index (χ1) is 9.02. The minimum atomic E-state index is -0.192. The molecular weight excluding hydrogens is 242 g/mol. The molecule has 0 saturated carbocycles. The Bertz CT molecular complexity index is 479. The molecule has 1 aromatic rings. The van der Waals surface area contributed by atoms with E-state index in [1.807, 2.05) is 38.1 Å². The molecule has 0 radical (unpaired) electrons. The zero-order chi connectivity index (χ0) is 14.0. The van der Waals surface area contributed by atoms with Crippen molar-refractivity contribution >= 4 is 11.8 Å². The van der Waals surface area contributed by atoms with Gasteiger partial charge < -0.3 is 4.74 Å². The van der Waals surface area contributed by atoms with Gasteiger partial charge in [-0.05, 0) is 23.6 Å². The molecule has 1 saturated heterocycles. The minimum absolute atomic E-state index is 0.0489. The SMILES string of the molecule is COc1ccc(C2CC(=O)NC(=O)C2C(C)C)cc1. The number of nitrogens with one attached hydrogen (secondary N) is 1. The number of piperidine rings is 1. The Labute approximate surface area is 113 Å². The van der Waals surface area contributed by atoms with Crippen LogP contribution in [0.4, 0.5) is 0 Å². The van der Waals surface area contributed by atoms with Gasteiger partial charge in [0.05, 0.1) is 7.11 Å². The monoisotopic (exact) mass is 261 g/mol. The van der Waals surface area contributed by atoms with Crippen molar-refractivity contribution in [3.8, 4) is 5.75 Å². The lowest BCUT2D eigenvalue weighted by Gasteiger charge is -2.33. The zero-order valence-electron chi connectivity index (χ0n) is 11.5. The first-order valence-electron chi connectivity index (χ1n) is 6.50. The molecule has 2 unspecified atom stereocenters. The molecule has 2 rings (SSSR count). The predicted octanol–water partition coefficient (Wildman–Crippen LogP) is 2.10. The van der Waals surface area contributed by atoms with E-state index in [2.05, 4.69) is 5.32 Å². The Balaban J connectivity index is 2.32. The summed E-state index contributed by atoms with van der Waals surface area (Å²) in [4.78, 5) is 23.6. The highest BCUT2D eigenvalue weighted by Crippen LogP contribution is 2.36. The lowest BCUT2D eigenvalue weighted by Crippen LogP contribution is -2.46. The normalized spacial score (nSPS) is 23.4. The standard InChI is InChI=1S/C15H19NO3/c1-9(2)14-12(8-13(17)16-15(14)18)10-4-6-11(19-3)7-5-10/h4-7,9,12,14H,8H2,1-3H3,(H,16,17,18). The van der Waals surface area contributed by atoms with Crippen molar-refractivity contribution in [3.05, 3.63) is 29.8 Å². The summed E-state index contributed by atoms with van der Waals surface area (Å²) in [7, 11) is 1.61. The summed E-state index contributed by atoms with van der Waals surface area (Å²) in [6.45, 7) is 4.02. The number of benzene rings is 1. The van der Waals surface area contributed by atoms with Gasteiger partial charge in [-0.15, -0.1) is 0 Å². The van der Waals surface area contributed by atoms with Gasteiger partial charge in [0, 0.05) is 18.3 Å². The van der Waals surface area contributed by atoms with E-state index in [9.17, 15) is 9.59 Å². The Morgan fingerprint density at radius 1 is 1.21 bits per heavy atom. The molecule has 0 aliphatic carbocycles. The van der Waals surface area contributed by atoms with E-state index in [0.29, 0.717) is 6.42 Å². The van der Waals surface area contributed by atoms with E-state index in [-0.39, 0.29) is 29.6 Å². The number of hydrogen-bond acceptors (Lipinski definition) is 3. The molecule has 0 aromatic heterocycles. The molecule has 0 spiro atoms. The van der Waals surface area contributed by atoms with Gasteiger partial charge in [-0.1, -0.05) is 26.0 Å². The fourth-order valence-corrected chi connectivity index (χ4v) is 2.72. The number of imide groups is 1. The van der Waals surface area contributed by atoms with E-state index in [1.165, 1.54) is 0 Å². The van der Waals surface area contributed by atoms with Crippen molar-refractivity contribution < 1.29 is 14.3 Å². The number of carbonyl (C=O) groups is 2. The summed E-state index contributed by atoms with van der Waals surface area (Å²) in [5, 5.41) is 2.43. The predicted molar refractivity (Wildman–Crippen MR) is 71.8 cm³/mol. The van der Waals surface area contributed by atoms with Crippen LogP contribution in [-0.4, -0.2) is 18.9 Å². The molecule has 1 aliphatic heterocycles. The first kappa shape index (κ1) is 13.6.